The number of benzene rings is 3. The zero-order valence-corrected chi connectivity index (χ0v) is 33.2. The molecule has 0 unspecified atom stereocenters. The second kappa shape index (κ2) is 15.1. The minimum atomic E-state index is -1.75. The molecule has 12 nitrogen and oxygen atoms in total. The maximum absolute atomic E-state index is 13.9. The zero-order valence-electron chi connectivity index (χ0n) is 32.2. The number of anilines is 1. The SMILES string of the molecule is C[Si](C)(C)C#Cc1cc(-n2cccn2)nc2c1nc(-c1cccnc1N)n2-c1ccc2c(c1)CC[C@@H]2NC(=O)c1ccc(OCc2ccccc2)c(C2OC=CO2)c1. The van der Waals surface area contributed by atoms with Crippen molar-refractivity contribution in [3.63, 3.8) is 0 Å². The van der Waals surface area contributed by atoms with E-state index in [2.05, 4.69) is 58.6 Å². The van der Waals surface area contributed by atoms with Crippen molar-refractivity contribution in [2.45, 2.75) is 51.4 Å². The van der Waals surface area contributed by atoms with Crippen molar-refractivity contribution in [1.29, 1.82) is 0 Å². The molecule has 3 aromatic carbocycles. The van der Waals surface area contributed by atoms with Gasteiger partial charge in [-0.2, -0.15) is 5.10 Å². The number of nitrogens with zero attached hydrogens (tertiary/aromatic N) is 6. The van der Waals surface area contributed by atoms with Crippen molar-refractivity contribution in [2.75, 3.05) is 5.73 Å². The largest absolute Gasteiger partial charge is 0.488 e. The Hall–Kier alpha value is -7.17. The Morgan fingerprint density at radius 1 is 0.948 bits per heavy atom. The van der Waals surface area contributed by atoms with E-state index in [1.165, 1.54) is 12.5 Å². The van der Waals surface area contributed by atoms with E-state index >= 15 is 0 Å². The second-order valence-electron chi connectivity index (χ2n) is 15.2. The quantitative estimate of drug-likeness (QED) is 0.110. The molecule has 0 bridgehead atoms. The van der Waals surface area contributed by atoms with Crippen molar-refractivity contribution in [2.24, 2.45) is 0 Å². The average Bonchev–Trinajstić information content (AvgIpc) is 4.07. The van der Waals surface area contributed by atoms with E-state index in [9.17, 15) is 4.79 Å². The summed E-state index contributed by atoms with van der Waals surface area (Å²) in [5, 5.41) is 7.75. The van der Waals surface area contributed by atoms with E-state index in [4.69, 9.17) is 29.9 Å². The van der Waals surface area contributed by atoms with Gasteiger partial charge >= 0.3 is 0 Å². The van der Waals surface area contributed by atoms with Crippen LogP contribution in [0.1, 0.15) is 56.9 Å². The number of nitrogens with two attached hydrogens (primary N) is 1. The summed E-state index contributed by atoms with van der Waals surface area (Å²) in [6.07, 6.45) is 8.99. The fraction of sp³-hybridized carbons (Fsp3) is 0.178. The van der Waals surface area contributed by atoms with Gasteiger partial charge in [0.05, 0.1) is 22.7 Å². The van der Waals surface area contributed by atoms with Gasteiger partial charge in [-0.05, 0) is 78.1 Å². The van der Waals surface area contributed by atoms with Crippen molar-refractivity contribution in [3.8, 4) is 40.1 Å². The number of hydrogen-bond acceptors (Lipinski definition) is 9. The van der Waals surface area contributed by atoms with Crippen LogP contribution in [-0.4, -0.2) is 43.3 Å². The van der Waals surface area contributed by atoms with E-state index in [0.717, 1.165) is 40.8 Å². The van der Waals surface area contributed by atoms with Gasteiger partial charge < -0.3 is 25.3 Å². The monoisotopic (exact) mass is 784 g/mol. The average molecular weight is 785 g/mol. The zero-order chi connectivity index (χ0) is 39.8. The maximum atomic E-state index is 13.9. The molecule has 0 spiro atoms. The highest BCUT2D eigenvalue weighted by atomic mass is 28.3. The fourth-order valence-corrected chi connectivity index (χ4v) is 7.71. The molecule has 58 heavy (non-hydrogen) atoms. The van der Waals surface area contributed by atoms with E-state index < -0.39 is 14.4 Å². The van der Waals surface area contributed by atoms with Crippen molar-refractivity contribution >= 4 is 31.0 Å². The molecule has 13 heteroatoms. The number of aromatic nitrogens is 6. The van der Waals surface area contributed by atoms with Crippen molar-refractivity contribution in [3.05, 3.63) is 155 Å². The predicted molar refractivity (Wildman–Crippen MR) is 224 cm³/mol. The minimum Gasteiger partial charge on any atom is -0.488 e. The lowest BCUT2D eigenvalue weighted by atomic mass is 10.0. The number of ether oxygens (including phenoxy) is 3. The standard InChI is InChI=1S/C45H40N8O4Si/c1-58(2,3)24-18-31-27-39(52-21-8-20-48-52)50-43-40(31)51-42(35-11-7-19-47-41(35)46)53(43)33-14-15-34-30(25-33)12-16-37(34)49-44(54)32-13-17-38(36(26-32)45-55-22-23-56-45)57-28-29-9-5-4-6-10-29/h4-11,13-15,17,19-23,25-27,37,45H,12,16,28H2,1-3H3,(H2,46,47)(H,49,54)/t37-/m0/s1. The van der Waals surface area contributed by atoms with Crippen LogP contribution >= 0.6 is 0 Å². The molecule has 0 saturated carbocycles. The Labute approximate surface area is 336 Å². The Morgan fingerprint density at radius 3 is 2.57 bits per heavy atom. The first-order chi connectivity index (χ1) is 28.2. The molecule has 9 rings (SSSR count). The van der Waals surface area contributed by atoms with E-state index in [0.29, 0.717) is 57.7 Å². The molecule has 2 aliphatic rings. The lowest BCUT2D eigenvalue weighted by Gasteiger charge is -2.19. The van der Waals surface area contributed by atoms with Gasteiger partial charge in [0, 0.05) is 35.9 Å². The number of pyridine rings is 2. The summed E-state index contributed by atoms with van der Waals surface area (Å²) in [7, 11) is -1.75. The molecule has 1 atom stereocenters. The van der Waals surface area contributed by atoms with Crippen LogP contribution in [0.5, 0.6) is 5.75 Å². The van der Waals surface area contributed by atoms with Crippen LogP contribution in [0.15, 0.2) is 122 Å². The summed E-state index contributed by atoms with van der Waals surface area (Å²) < 4.78 is 21.3. The normalized spacial score (nSPS) is 14.7. The molecule has 288 valence electrons. The van der Waals surface area contributed by atoms with Gasteiger partial charge in [-0.25, -0.2) is 19.6 Å². The fourth-order valence-electron chi connectivity index (χ4n) is 7.20. The lowest BCUT2D eigenvalue weighted by Crippen LogP contribution is -2.27. The van der Waals surface area contributed by atoms with Crippen LogP contribution in [-0.2, 0) is 22.5 Å². The molecular formula is C45H40N8O4Si. The molecule has 5 heterocycles. The summed E-state index contributed by atoms with van der Waals surface area (Å²) in [5.74, 6) is 5.39. The van der Waals surface area contributed by atoms with E-state index in [-0.39, 0.29) is 11.9 Å². The molecule has 3 N–H and O–H groups in total. The van der Waals surface area contributed by atoms with Crippen LogP contribution in [0.3, 0.4) is 0 Å². The van der Waals surface area contributed by atoms with E-state index in [1.54, 1.807) is 35.3 Å². The second-order valence-corrected chi connectivity index (χ2v) is 20.0. The highest BCUT2D eigenvalue weighted by Gasteiger charge is 2.29. The number of rotatable bonds is 9. The van der Waals surface area contributed by atoms with Gasteiger partial charge in [-0.3, -0.25) is 9.36 Å². The van der Waals surface area contributed by atoms with Gasteiger partial charge in [-0.15, -0.1) is 5.54 Å². The number of carbonyl (C=O) groups excluding carboxylic acids is 1. The molecule has 7 aromatic rings. The third-order valence-corrected chi connectivity index (χ3v) is 10.9. The highest BCUT2D eigenvalue weighted by molar-refractivity contribution is 6.83. The van der Waals surface area contributed by atoms with Crippen LogP contribution < -0.4 is 15.8 Å². The lowest BCUT2D eigenvalue weighted by molar-refractivity contribution is -0.0266. The number of nitrogens with one attached hydrogen (secondary N) is 1. The Kier molecular flexibility index (Phi) is 9.47. The van der Waals surface area contributed by atoms with Crippen LogP contribution in [0, 0.1) is 11.5 Å². The summed E-state index contributed by atoms with van der Waals surface area (Å²) in [6.45, 7) is 6.99. The van der Waals surface area contributed by atoms with Crippen molar-refractivity contribution in [1.82, 2.24) is 34.6 Å². The molecule has 0 fully saturated rings. The first-order valence-electron chi connectivity index (χ1n) is 19.1. The summed E-state index contributed by atoms with van der Waals surface area (Å²) in [6, 6.07) is 28.8. The van der Waals surface area contributed by atoms with Crippen LogP contribution in [0.2, 0.25) is 19.6 Å². The number of amides is 1. The molecule has 1 aliphatic heterocycles. The van der Waals surface area contributed by atoms with Crippen LogP contribution in [0.25, 0.3) is 34.1 Å². The summed E-state index contributed by atoms with van der Waals surface area (Å²) in [4.78, 5) is 28.6. The molecular weight excluding hydrogens is 745 g/mol. The number of hydrogen-bond donors (Lipinski definition) is 2. The molecule has 1 aliphatic carbocycles. The first kappa shape index (κ1) is 36.5. The molecule has 0 radical (unpaired) electrons. The van der Waals surface area contributed by atoms with Crippen LogP contribution in [0.4, 0.5) is 5.82 Å². The molecule has 0 saturated heterocycles. The molecule has 4 aromatic heterocycles. The Balaban J connectivity index is 1.06. The number of carbonyl (C=O) groups is 1. The highest BCUT2D eigenvalue weighted by Crippen LogP contribution is 2.38. The maximum Gasteiger partial charge on any atom is 0.269 e. The minimum absolute atomic E-state index is 0.199. The van der Waals surface area contributed by atoms with Gasteiger partial charge in [0.15, 0.2) is 17.3 Å². The Bertz CT molecular complexity index is 2760. The smallest absolute Gasteiger partial charge is 0.269 e. The van der Waals surface area contributed by atoms with Crippen molar-refractivity contribution < 1.29 is 19.0 Å². The topological polar surface area (TPSA) is 144 Å². The third kappa shape index (κ3) is 7.28. The number of nitrogen functional groups attached to an aromatic ring is 1. The van der Waals surface area contributed by atoms with E-state index in [1.807, 2.05) is 71.4 Å². The third-order valence-electron chi connectivity index (χ3n) is 9.98. The van der Waals surface area contributed by atoms with Gasteiger partial charge in [0.1, 0.15) is 44.3 Å². The van der Waals surface area contributed by atoms with Gasteiger partial charge in [-0.1, -0.05) is 62.0 Å². The first-order valence-corrected chi connectivity index (χ1v) is 22.6. The van der Waals surface area contributed by atoms with Gasteiger partial charge in [0.2, 0.25) is 0 Å². The molecule has 1 amide bonds. The predicted octanol–water partition coefficient (Wildman–Crippen LogP) is 7.99. The number of aryl methyl sites for hydroxylation is 1. The summed E-state index contributed by atoms with van der Waals surface area (Å²) >= 11 is 0. The van der Waals surface area contributed by atoms with Gasteiger partial charge in [0.25, 0.3) is 12.2 Å². The number of fused-ring (bicyclic) bond motifs is 2. The summed E-state index contributed by atoms with van der Waals surface area (Å²) in [5.41, 5.74) is 17.8. The Morgan fingerprint density at radius 2 is 1.79 bits per heavy atom. The number of imidazole rings is 1.